The number of alkyl halides is 12. The summed E-state index contributed by atoms with van der Waals surface area (Å²) >= 11 is 36.3. The van der Waals surface area contributed by atoms with E-state index < -0.39 is 42.0 Å². The Morgan fingerprint density at radius 1 is 0.294 bits per heavy atom. The number of fused-ring (bicyclic) bond motifs is 5. The molecule has 0 aromatic heterocycles. The van der Waals surface area contributed by atoms with Gasteiger partial charge in [0.05, 0.1) is 83.2 Å². The van der Waals surface area contributed by atoms with Crippen molar-refractivity contribution in [2.24, 2.45) is 25.0 Å². The summed E-state index contributed by atoms with van der Waals surface area (Å²) in [6, 6.07) is 52.4. The van der Waals surface area contributed by atoms with E-state index in [-0.39, 0.29) is 33.6 Å². The number of anilines is 3. The summed E-state index contributed by atoms with van der Waals surface area (Å²) in [7, 11) is 2.11. The summed E-state index contributed by atoms with van der Waals surface area (Å²) in [6.45, 7) is 12.9. The first-order valence-electron chi connectivity index (χ1n) is 38.3. The molecule has 18 rings (SSSR count). The zero-order valence-corrected chi connectivity index (χ0v) is 68.7. The molecule has 29 heteroatoms. The number of nitrogens with zero attached hydrogens (tertiary/aromatic N) is 9. The Labute approximate surface area is 709 Å². The number of aliphatic imine (C=N–C) groups is 5. The van der Waals surface area contributed by atoms with Crippen molar-refractivity contribution in [1.29, 1.82) is 0 Å². The van der Waals surface area contributed by atoms with E-state index >= 15 is 0 Å². The van der Waals surface area contributed by atoms with Crippen LogP contribution in [-0.2, 0) is 44.5 Å². The molecule has 11 nitrogen and oxygen atoms in total. The normalized spacial score (nSPS) is 16.0. The van der Waals surface area contributed by atoms with Crippen LogP contribution in [-0.4, -0.2) is 106 Å². The van der Waals surface area contributed by atoms with E-state index in [0.29, 0.717) is 62.3 Å². The van der Waals surface area contributed by atoms with E-state index in [4.69, 9.17) is 79.6 Å². The molecule has 0 bridgehead atoms. The summed E-state index contributed by atoms with van der Waals surface area (Å²) in [5, 5.41) is 2.53. The number of ether oxygens (including phenoxy) is 2. The Bertz CT molecular complexity index is 5580. The molecule has 0 atom stereocenters. The number of rotatable bonds is 10. The highest BCUT2D eigenvalue weighted by Gasteiger charge is 2.40. The first-order valence-corrected chi connectivity index (χ1v) is 40.5. The highest BCUT2D eigenvalue weighted by Crippen LogP contribution is 2.47. The van der Waals surface area contributed by atoms with Crippen LogP contribution in [0.15, 0.2) is 207 Å². The quantitative estimate of drug-likeness (QED) is 0.127. The van der Waals surface area contributed by atoms with Crippen LogP contribution in [0.4, 0.5) is 98.2 Å². The van der Waals surface area contributed by atoms with Crippen molar-refractivity contribution in [2.45, 2.75) is 103 Å². The smallest absolute Gasteiger partial charge is 0.406 e. The van der Waals surface area contributed by atoms with Gasteiger partial charge in [0.2, 0.25) is 0 Å². The van der Waals surface area contributed by atoms with E-state index in [1.807, 2.05) is 36.4 Å². The Balaban J connectivity index is 0.000000122. The van der Waals surface area contributed by atoms with E-state index in [9.17, 15) is 52.7 Å². The average Bonchev–Trinajstić information content (AvgIpc) is 1.66. The summed E-state index contributed by atoms with van der Waals surface area (Å²) in [5.74, 6) is -0.695. The van der Waals surface area contributed by atoms with E-state index in [0.717, 1.165) is 119 Å². The molecular formula is C90H75Cl6F12N9O2. The minimum absolute atomic E-state index is 0.00922. The molecule has 0 N–H and O–H groups in total. The number of halogens is 18. The fourth-order valence-electron chi connectivity index (χ4n) is 15.4. The number of hydrogen-bond donors (Lipinski definition) is 0. The highest BCUT2D eigenvalue weighted by atomic mass is 35.5. The second kappa shape index (κ2) is 36.0. The maximum atomic E-state index is 13.3. The van der Waals surface area contributed by atoms with Crippen molar-refractivity contribution < 1.29 is 62.2 Å². The molecule has 119 heavy (non-hydrogen) atoms. The SMILES string of the molecule is CN1CCN(c2ccc(C3=Nc4c(cc(Cl)cc4C(F)(F)F)C3)cc2)CC1.Cc1cc(Cl)c2c(c1)CC(c1ccc(N3CCCC3)cc1)=N2.Cc1cc(Cl)c2c(c1)CC(c1ccc(N3CCCCC3)cc1)=N2.FC(F)(F)Oc1ccc(C2=Nc3c(Cl)cc(Cl)cc3C2)cc1.FC(F)(F)Oc1ccc(C2=Nc3c(cc(Cl)cc3C(F)(F)F)C2)cc1. The molecule has 3 fully saturated rings. The molecule has 0 amide bonds. The van der Waals surface area contributed by atoms with Crippen LogP contribution in [0.1, 0.15) is 110 Å². The monoisotopic (exact) mass is 1750 g/mol. The number of piperidine rings is 1. The Morgan fingerprint density at radius 3 is 0.866 bits per heavy atom. The van der Waals surface area contributed by atoms with Crippen molar-refractivity contribution in [1.82, 2.24) is 4.90 Å². The Kier molecular flexibility index (Phi) is 26.0. The van der Waals surface area contributed by atoms with Crippen LogP contribution in [0.5, 0.6) is 11.5 Å². The maximum Gasteiger partial charge on any atom is 0.573 e. The fourth-order valence-corrected chi connectivity index (χ4v) is 17.1. The summed E-state index contributed by atoms with van der Waals surface area (Å²) in [6.07, 6.45) is -9.29. The van der Waals surface area contributed by atoms with Gasteiger partial charge in [0.1, 0.15) is 11.5 Å². The summed E-state index contributed by atoms with van der Waals surface area (Å²) in [5.41, 5.74) is 19.3. The Morgan fingerprint density at radius 2 is 0.555 bits per heavy atom. The first kappa shape index (κ1) is 85.8. The summed E-state index contributed by atoms with van der Waals surface area (Å²) in [4.78, 5) is 31.8. The lowest BCUT2D eigenvalue weighted by Gasteiger charge is -2.34. The van der Waals surface area contributed by atoms with Crippen LogP contribution in [0, 0.1) is 13.8 Å². The molecule has 3 saturated heterocycles. The predicted molar refractivity (Wildman–Crippen MR) is 454 cm³/mol. The van der Waals surface area contributed by atoms with Gasteiger partial charge in [-0.2, -0.15) is 26.3 Å². The molecule has 618 valence electrons. The highest BCUT2D eigenvalue weighted by molar-refractivity contribution is 6.37. The van der Waals surface area contributed by atoms with Crippen LogP contribution in [0.3, 0.4) is 0 Å². The molecule has 0 unspecified atom stereocenters. The van der Waals surface area contributed by atoms with E-state index in [2.05, 4.69) is 126 Å². The largest absolute Gasteiger partial charge is 0.573 e. The average molecular weight is 1760 g/mol. The van der Waals surface area contributed by atoms with Gasteiger partial charge in [-0.05, 0) is 253 Å². The molecular weight excluding hydrogens is 1680 g/mol. The van der Waals surface area contributed by atoms with Gasteiger partial charge < -0.3 is 29.1 Å². The minimum Gasteiger partial charge on any atom is -0.406 e. The van der Waals surface area contributed by atoms with Gasteiger partial charge in [-0.25, -0.2) is 0 Å². The third-order valence-corrected chi connectivity index (χ3v) is 22.6. The lowest BCUT2D eigenvalue weighted by atomic mass is 10.0. The molecule has 10 aromatic carbocycles. The number of benzene rings is 10. The number of aryl methyl sites for hydroxylation is 2. The minimum atomic E-state index is -4.82. The van der Waals surface area contributed by atoms with Crippen LogP contribution in [0.25, 0.3) is 0 Å². The lowest BCUT2D eigenvalue weighted by molar-refractivity contribution is -0.275. The second-order valence-corrected chi connectivity index (χ2v) is 32.3. The molecule has 0 aliphatic carbocycles. The third-order valence-electron chi connectivity index (χ3n) is 21.1. The van der Waals surface area contributed by atoms with Crippen LogP contribution >= 0.6 is 69.6 Å². The maximum absolute atomic E-state index is 13.3. The van der Waals surface area contributed by atoms with E-state index in [1.54, 1.807) is 18.2 Å². The molecule has 8 aliphatic heterocycles. The lowest BCUT2D eigenvalue weighted by Crippen LogP contribution is -2.44. The van der Waals surface area contributed by atoms with Gasteiger partial charge in [0, 0.05) is 117 Å². The topological polar surface area (TPSA) is 93.2 Å². The van der Waals surface area contributed by atoms with Crippen LogP contribution in [0.2, 0.25) is 30.1 Å². The number of likely N-dealkylation sites (N-methyl/N-ethyl adjacent to an activating group) is 1. The predicted octanol–water partition coefficient (Wildman–Crippen LogP) is 26.5. The van der Waals surface area contributed by atoms with E-state index in [1.165, 1.54) is 146 Å². The van der Waals surface area contributed by atoms with Gasteiger partial charge in [-0.3, -0.25) is 25.0 Å². The van der Waals surface area contributed by atoms with Crippen molar-refractivity contribution in [3.63, 3.8) is 0 Å². The molecule has 8 heterocycles. The second-order valence-electron chi connectivity index (χ2n) is 29.8. The Hall–Kier alpha value is -9.59. The molecule has 0 saturated carbocycles. The van der Waals surface area contributed by atoms with Crippen LogP contribution < -0.4 is 24.2 Å². The zero-order valence-electron chi connectivity index (χ0n) is 64.2. The fraction of sp³-hybridized carbons (Fsp3) is 0.278. The molecule has 8 aliphatic rings. The molecule has 10 aromatic rings. The molecule has 0 spiro atoms. The van der Waals surface area contributed by atoms with Gasteiger partial charge >= 0.3 is 25.1 Å². The van der Waals surface area contributed by atoms with Gasteiger partial charge in [0.15, 0.2) is 0 Å². The van der Waals surface area contributed by atoms with Crippen molar-refractivity contribution in [3.05, 3.63) is 290 Å². The number of hydrogen-bond acceptors (Lipinski definition) is 11. The number of piperazine rings is 1. The van der Waals surface area contributed by atoms with Crippen molar-refractivity contribution >= 4 is 144 Å². The standard InChI is InChI=1S/C20H19ClF3N3.C20H21ClN2.C19H19ClN2.C16H8ClF6NO.C15H8Cl2F3NO/c1-26-6-8-27(9-7-26)16-4-2-13(3-5-16)18-11-14-10-15(21)12-17(19(14)25-18)20(22,23)24;1-14-11-16-13-19(22-20(16)18(21)12-14)15-5-7-17(8-6-15)23-9-3-2-4-10-23;1-13-10-15-12-18(21-19(15)17(20)11-13)14-4-6-16(7-5-14)22-8-2-3-9-22;17-10-5-9-6-13(24-14(9)12(7-10)15(18,19)20)8-1-3-11(4-2-8)25-16(21,22)23;16-10-5-9-6-13(21-14(9)12(17)7-10)8-1-3-11(4-2-8)22-15(18,19)20/h2-5,10,12H,6-9,11H2,1H3;5-8,11-12H,2-4,9-10,13H2,1H3;4-7,10-11H,2-3,8-9,12H2,1H3;1-5,7H,6H2;1-5,7H,6H2. The zero-order chi connectivity index (χ0) is 84.4. The molecule has 0 radical (unpaired) electrons. The van der Waals surface area contributed by atoms with Gasteiger partial charge in [0.25, 0.3) is 0 Å². The van der Waals surface area contributed by atoms with Crippen molar-refractivity contribution in [2.75, 3.05) is 74.1 Å². The van der Waals surface area contributed by atoms with Gasteiger partial charge in [-0.15, -0.1) is 26.3 Å². The summed E-state index contributed by atoms with van der Waals surface area (Å²) < 4.78 is 160. The first-order chi connectivity index (χ1) is 56.6. The van der Waals surface area contributed by atoms with Crippen molar-refractivity contribution in [3.8, 4) is 11.5 Å². The third kappa shape index (κ3) is 21.4. The van der Waals surface area contributed by atoms with Gasteiger partial charge in [-0.1, -0.05) is 118 Å².